The van der Waals surface area contributed by atoms with Crippen molar-refractivity contribution < 1.29 is 15.0 Å². The second-order valence-electron chi connectivity index (χ2n) is 19.0. The van der Waals surface area contributed by atoms with Crippen LogP contribution in [0.1, 0.15) is 309 Å². The molecule has 0 heterocycles. The minimum absolute atomic E-state index is 0.0285. The Labute approximate surface area is 377 Å². The molecule has 60 heavy (non-hydrogen) atoms. The van der Waals surface area contributed by atoms with Crippen LogP contribution in [-0.2, 0) is 4.79 Å². The number of carbonyl (C=O) groups excluding carboxylic acids is 1. The Morgan fingerprint density at radius 1 is 0.400 bits per heavy atom. The summed E-state index contributed by atoms with van der Waals surface area (Å²) in [5.41, 5.74) is 0. The van der Waals surface area contributed by atoms with Crippen molar-refractivity contribution in [3.8, 4) is 0 Å². The van der Waals surface area contributed by atoms with Gasteiger partial charge in [0.2, 0.25) is 5.91 Å². The average Bonchev–Trinajstić information content (AvgIpc) is 3.25. The van der Waals surface area contributed by atoms with Gasteiger partial charge in [0.15, 0.2) is 0 Å². The van der Waals surface area contributed by atoms with Gasteiger partial charge in [-0.15, -0.1) is 0 Å². The highest BCUT2D eigenvalue weighted by Gasteiger charge is 2.20. The van der Waals surface area contributed by atoms with E-state index in [0.717, 1.165) is 32.1 Å². The average molecular weight is 844 g/mol. The number of carbonyl (C=O) groups is 1. The Kier molecular flexibility index (Phi) is 51.2. The van der Waals surface area contributed by atoms with Crippen LogP contribution in [0.4, 0.5) is 0 Å². The summed E-state index contributed by atoms with van der Waals surface area (Å²) in [5, 5.41) is 23.2. The standard InChI is InChI=1S/C56H109NO3/c1-3-5-7-9-11-13-15-16-17-18-19-20-21-22-23-24-25-26-27-28-29-30-31-32-33-34-35-36-37-38-39-40-42-44-46-48-50-52-56(60)57-54(53-58)55(59)51-49-47-45-43-41-14-12-10-8-6-4-2/h23-24,26-27,54-55,58-59H,3-22,25,28-53H2,1-2H3,(H,57,60)/b24-23-,27-26-. The zero-order chi connectivity index (χ0) is 43.5. The van der Waals surface area contributed by atoms with E-state index in [4.69, 9.17) is 0 Å². The van der Waals surface area contributed by atoms with E-state index in [-0.39, 0.29) is 12.5 Å². The molecule has 0 aromatic rings. The van der Waals surface area contributed by atoms with Gasteiger partial charge in [0.05, 0.1) is 18.8 Å². The zero-order valence-corrected chi connectivity index (χ0v) is 41.0. The first-order chi connectivity index (χ1) is 29.7. The van der Waals surface area contributed by atoms with Crippen molar-refractivity contribution in [3.63, 3.8) is 0 Å². The number of unbranched alkanes of at least 4 members (excludes halogenated alkanes) is 40. The molecule has 0 saturated carbocycles. The Morgan fingerprint density at radius 2 is 0.683 bits per heavy atom. The van der Waals surface area contributed by atoms with E-state index in [1.807, 2.05) is 0 Å². The third-order valence-corrected chi connectivity index (χ3v) is 13.0. The fraction of sp³-hybridized carbons (Fsp3) is 0.911. The summed E-state index contributed by atoms with van der Waals surface area (Å²) in [6.07, 6.45) is 68.9. The second-order valence-corrected chi connectivity index (χ2v) is 19.0. The van der Waals surface area contributed by atoms with E-state index in [2.05, 4.69) is 43.5 Å². The molecule has 1 amide bonds. The van der Waals surface area contributed by atoms with Crippen molar-refractivity contribution in [2.75, 3.05) is 6.61 Å². The van der Waals surface area contributed by atoms with Gasteiger partial charge in [0, 0.05) is 6.42 Å². The normalized spacial score (nSPS) is 12.9. The molecule has 2 unspecified atom stereocenters. The van der Waals surface area contributed by atoms with Crippen molar-refractivity contribution >= 4 is 5.91 Å². The number of hydrogen-bond acceptors (Lipinski definition) is 3. The van der Waals surface area contributed by atoms with Crippen LogP contribution in [0.5, 0.6) is 0 Å². The number of aliphatic hydroxyl groups excluding tert-OH is 2. The molecule has 0 rings (SSSR count). The van der Waals surface area contributed by atoms with Crippen LogP contribution in [0, 0.1) is 0 Å². The molecule has 0 bridgehead atoms. The van der Waals surface area contributed by atoms with Gasteiger partial charge in [0.1, 0.15) is 0 Å². The molecule has 0 radical (unpaired) electrons. The summed E-state index contributed by atoms with van der Waals surface area (Å²) in [6.45, 7) is 4.37. The number of allylic oxidation sites excluding steroid dienone is 4. The van der Waals surface area contributed by atoms with E-state index in [1.165, 1.54) is 250 Å². The van der Waals surface area contributed by atoms with E-state index < -0.39 is 12.1 Å². The summed E-state index contributed by atoms with van der Waals surface area (Å²) in [6, 6.07) is -0.532. The summed E-state index contributed by atoms with van der Waals surface area (Å²) < 4.78 is 0. The van der Waals surface area contributed by atoms with E-state index in [1.54, 1.807) is 0 Å². The molecule has 0 aromatic carbocycles. The topological polar surface area (TPSA) is 69.6 Å². The van der Waals surface area contributed by atoms with Gasteiger partial charge in [-0.3, -0.25) is 4.79 Å². The quantitative estimate of drug-likeness (QED) is 0.0422. The van der Waals surface area contributed by atoms with Gasteiger partial charge in [0.25, 0.3) is 0 Å². The fourth-order valence-electron chi connectivity index (χ4n) is 8.75. The first-order valence-corrected chi connectivity index (χ1v) is 27.5. The maximum absolute atomic E-state index is 12.4. The molecule has 0 aliphatic heterocycles. The minimum Gasteiger partial charge on any atom is -0.394 e. The zero-order valence-electron chi connectivity index (χ0n) is 41.0. The van der Waals surface area contributed by atoms with Crippen molar-refractivity contribution in [1.29, 1.82) is 0 Å². The molecule has 3 N–H and O–H groups in total. The lowest BCUT2D eigenvalue weighted by Crippen LogP contribution is -2.45. The van der Waals surface area contributed by atoms with Crippen LogP contribution in [-0.4, -0.2) is 34.9 Å². The Morgan fingerprint density at radius 3 is 1.00 bits per heavy atom. The van der Waals surface area contributed by atoms with E-state index >= 15 is 0 Å². The van der Waals surface area contributed by atoms with E-state index in [9.17, 15) is 15.0 Å². The van der Waals surface area contributed by atoms with Gasteiger partial charge >= 0.3 is 0 Å². The first-order valence-electron chi connectivity index (χ1n) is 27.5. The van der Waals surface area contributed by atoms with Crippen LogP contribution < -0.4 is 5.32 Å². The molecule has 0 aliphatic carbocycles. The van der Waals surface area contributed by atoms with Gasteiger partial charge in [-0.1, -0.05) is 282 Å². The van der Waals surface area contributed by atoms with Gasteiger partial charge < -0.3 is 15.5 Å². The Balaban J connectivity index is 3.37. The van der Waals surface area contributed by atoms with Crippen LogP contribution in [0.15, 0.2) is 24.3 Å². The van der Waals surface area contributed by atoms with Crippen LogP contribution in [0.2, 0.25) is 0 Å². The third-order valence-electron chi connectivity index (χ3n) is 13.0. The molecule has 4 heteroatoms. The predicted molar refractivity (Wildman–Crippen MR) is 267 cm³/mol. The Bertz CT molecular complexity index is 871. The third kappa shape index (κ3) is 47.9. The maximum atomic E-state index is 12.4. The largest absolute Gasteiger partial charge is 0.394 e. The first kappa shape index (κ1) is 58.9. The molecular formula is C56H109NO3. The predicted octanol–water partition coefficient (Wildman–Crippen LogP) is 17.9. The summed E-state index contributed by atoms with van der Waals surface area (Å²) in [4.78, 5) is 12.4. The summed E-state index contributed by atoms with van der Waals surface area (Å²) in [5.74, 6) is -0.0285. The highest BCUT2D eigenvalue weighted by atomic mass is 16.3. The number of rotatable bonds is 51. The molecule has 2 atom stereocenters. The van der Waals surface area contributed by atoms with Gasteiger partial charge in [-0.05, 0) is 44.9 Å². The SMILES string of the molecule is CCCCCCCCCCCCCCC/C=C\C/C=C\CCCCCCCCCCCCCCCCCCCC(=O)NC(CO)C(O)CCCCCCCCCCCCC. The smallest absolute Gasteiger partial charge is 0.220 e. The monoisotopic (exact) mass is 844 g/mol. The molecule has 4 nitrogen and oxygen atoms in total. The molecule has 0 saturated heterocycles. The molecule has 0 fully saturated rings. The summed E-state index contributed by atoms with van der Waals surface area (Å²) >= 11 is 0. The molecule has 0 aromatic heterocycles. The number of nitrogens with one attached hydrogen (secondary N) is 1. The lowest BCUT2D eigenvalue weighted by molar-refractivity contribution is -0.123. The van der Waals surface area contributed by atoms with Crippen LogP contribution in [0.25, 0.3) is 0 Å². The summed E-state index contributed by atoms with van der Waals surface area (Å²) in [7, 11) is 0. The lowest BCUT2D eigenvalue weighted by atomic mass is 10.0. The second kappa shape index (κ2) is 52.2. The highest BCUT2D eigenvalue weighted by Crippen LogP contribution is 2.17. The molecular weight excluding hydrogens is 735 g/mol. The van der Waals surface area contributed by atoms with Crippen molar-refractivity contribution in [1.82, 2.24) is 5.32 Å². The van der Waals surface area contributed by atoms with Gasteiger partial charge in [-0.25, -0.2) is 0 Å². The van der Waals surface area contributed by atoms with Crippen molar-refractivity contribution in [2.24, 2.45) is 0 Å². The maximum Gasteiger partial charge on any atom is 0.220 e. The van der Waals surface area contributed by atoms with Crippen LogP contribution >= 0.6 is 0 Å². The fourth-order valence-corrected chi connectivity index (χ4v) is 8.75. The van der Waals surface area contributed by atoms with Crippen molar-refractivity contribution in [3.05, 3.63) is 24.3 Å². The highest BCUT2D eigenvalue weighted by molar-refractivity contribution is 5.76. The van der Waals surface area contributed by atoms with Crippen molar-refractivity contribution in [2.45, 2.75) is 321 Å². The number of hydrogen-bond donors (Lipinski definition) is 3. The number of aliphatic hydroxyl groups is 2. The van der Waals surface area contributed by atoms with Crippen LogP contribution in [0.3, 0.4) is 0 Å². The minimum atomic E-state index is -0.656. The molecule has 0 aliphatic rings. The lowest BCUT2D eigenvalue weighted by Gasteiger charge is -2.22. The number of amides is 1. The molecule has 356 valence electrons. The molecule has 0 spiro atoms. The van der Waals surface area contributed by atoms with E-state index in [0.29, 0.717) is 12.8 Å². The van der Waals surface area contributed by atoms with Gasteiger partial charge in [-0.2, -0.15) is 0 Å². The Hall–Kier alpha value is -1.13.